The van der Waals surface area contributed by atoms with E-state index >= 15 is 0 Å². The number of terminal acetylenes is 1. The van der Waals surface area contributed by atoms with Crippen LogP contribution in [-0.4, -0.2) is 21.1 Å². The molecule has 0 saturated carbocycles. The van der Waals surface area contributed by atoms with E-state index in [2.05, 4.69) is 35.2 Å². The molecule has 0 aliphatic carbocycles. The highest BCUT2D eigenvalue weighted by molar-refractivity contribution is 5.47. The summed E-state index contributed by atoms with van der Waals surface area (Å²) in [5.41, 5.74) is 1.44. The van der Waals surface area contributed by atoms with Gasteiger partial charge in [0.05, 0.1) is 6.20 Å². The van der Waals surface area contributed by atoms with E-state index in [0.717, 1.165) is 18.0 Å². The molecule has 2 rings (SSSR count). The maximum atomic E-state index is 5.36. The van der Waals surface area contributed by atoms with E-state index in [-0.39, 0.29) is 0 Å². The quantitative estimate of drug-likeness (QED) is 0.792. The Morgan fingerprint density at radius 3 is 3.00 bits per heavy atom. The first kappa shape index (κ1) is 10.5. The minimum Gasteiger partial charge on any atom is -0.368 e. The van der Waals surface area contributed by atoms with Crippen LogP contribution in [0.4, 0.5) is 5.82 Å². The fourth-order valence-electron chi connectivity index (χ4n) is 1.37. The zero-order chi connectivity index (χ0) is 11.5. The van der Waals surface area contributed by atoms with E-state index in [1.807, 2.05) is 12.1 Å². The van der Waals surface area contributed by atoms with Crippen LogP contribution in [0.15, 0.2) is 18.3 Å². The van der Waals surface area contributed by atoms with Crippen LogP contribution >= 0.6 is 0 Å². The minimum atomic E-state index is 0.576. The van der Waals surface area contributed by atoms with Crippen LogP contribution in [0.5, 0.6) is 0 Å². The molecule has 2 aromatic rings. The number of hydrogen-bond donors (Lipinski definition) is 1. The van der Waals surface area contributed by atoms with Gasteiger partial charge in [0.25, 0.3) is 0 Å². The molecule has 0 bridgehead atoms. The highest BCUT2D eigenvalue weighted by atomic mass is 15.3. The fourth-order valence-corrected chi connectivity index (χ4v) is 1.37. The van der Waals surface area contributed by atoms with E-state index in [1.54, 1.807) is 10.7 Å². The molecular weight excluding hydrogens is 200 g/mol. The lowest BCUT2D eigenvalue weighted by molar-refractivity contribution is 0.685. The van der Waals surface area contributed by atoms with Gasteiger partial charge >= 0.3 is 0 Å². The monoisotopic (exact) mass is 214 g/mol. The summed E-state index contributed by atoms with van der Waals surface area (Å²) in [6.45, 7) is 5.18. The van der Waals surface area contributed by atoms with Gasteiger partial charge in [0, 0.05) is 6.54 Å². The molecule has 16 heavy (non-hydrogen) atoms. The second-order valence-electron chi connectivity index (χ2n) is 4.05. The number of hydrogen-bond acceptors (Lipinski definition) is 3. The highest BCUT2D eigenvalue weighted by Crippen LogP contribution is 2.08. The first-order chi connectivity index (χ1) is 7.70. The zero-order valence-electron chi connectivity index (χ0n) is 9.44. The van der Waals surface area contributed by atoms with E-state index in [4.69, 9.17) is 6.42 Å². The van der Waals surface area contributed by atoms with Gasteiger partial charge < -0.3 is 5.32 Å². The Bertz CT molecular complexity index is 533. The second-order valence-corrected chi connectivity index (χ2v) is 4.05. The Morgan fingerprint density at radius 1 is 1.50 bits per heavy atom. The van der Waals surface area contributed by atoms with Crippen LogP contribution in [0.25, 0.3) is 5.65 Å². The van der Waals surface area contributed by atoms with E-state index in [1.165, 1.54) is 0 Å². The lowest BCUT2D eigenvalue weighted by Crippen LogP contribution is -2.10. The molecule has 0 atom stereocenters. The molecule has 0 aromatic carbocycles. The second kappa shape index (κ2) is 4.23. The third-order valence-electron chi connectivity index (χ3n) is 2.20. The lowest BCUT2D eigenvalue weighted by atomic mass is 10.2. The van der Waals surface area contributed by atoms with Gasteiger partial charge in [-0.25, -0.2) is 9.50 Å². The SMILES string of the molecule is C#Cc1cnc2ccc(NCC(C)C)nn12. The van der Waals surface area contributed by atoms with E-state index < -0.39 is 0 Å². The number of nitrogens with one attached hydrogen (secondary N) is 1. The van der Waals surface area contributed by atoms with Crippen LogP contribution in [0.1, 0.15) is 19.5 Å². The molecule has 2 aromatic heterocycles. The minimum absolute atomic E-state index is 0.576. The molecular formula is C12H14N4. The van der Waals surface area contributed by atoms with Crippen molar-refractivity contribution in [2.24, 2.45) is 5.92 Å². The molecule has 0 saturated heterocycles. The summed E-state index contributed by atoms with van der Waals surface area (Å²) in [5.74, 6) is 3.94. The zero-order valence-corrected chi connectivity index (χ0v) is 9.44. The standard InChI is InChI=1S/C12H14N4/c1-4-10-8-14-12-6-5-11(15-16(10)12)13-7-9(2)3/h1,5-6,8-9H,7H2,2-3H3,(H,13,15). The Kier molecular flexibility index (Phi) is 2.78. The van der Waals surface area contributed by atoms with Crippen molar-refractivity contribution >= 4 is 11.5 Å². The van der Waals surface area contributed by atoms with Crippen LogP contribution < -0.4 is 5.32 Å². The third-order valence-corrected chi connectivity index (χ3v) is 2.20. The van der Waals surface area contributed by atoms with Gasteiger partial charge in [-0.15, -0.1) is 11.5 Å². The van der Waals surface area contributed by atoms with Crippen molar-refractivity contribution in [1.82, 2.24) is 14.6 Å². The molecule has 2 heterocycles. The molecule has 0 unspecified atom stereocenters. The average molecular weight is 214 g/mol. The number of fused-ring (bicyclic) bond motifs is 1. The number of nitrogens with zero attached hydrogens (tertiary/aromatic N) is 3. The fraction of sp³-hybridized carbons (Fsp3) is 0.333. The summed E-state index contributed by atoms with van der Waals surface area (Å²) < 4.78 is 1.67. The summed E-state index contributed by atoms with van der Waals surface area (Å²) in [4.78, 5) is 4.16. The number of rotatable bonds is 3. The average Bonchev–Trinajstić information content (AvgIpc) is 2.68. The number of aromatic nitrogens is 3. The summed E-state index contributed by atoms with van der Waals surface area (Å²) >= 11 is 0. The molecule has 0 aliphatic rings. The van der Waals surface area contributed by atoms with Crippen molar-refractivity contribution in [2.45, 2.75) is 13.8 Å². The number of anilines is 1. The van der Waals surface area contributed by atoms with Gasteiger partial charge in [-0.05, 0) is 24.0 Å². The van der Waals surface area contributed by atoms with Gasteiger partial charge in [0.15, 0.2) is 5.65 Å². The Morgan fingerprint density at radius 2 is 2.31 bits per heavy atom. The predicted molar refractivity (Wildman–Crippen MR) is 64.2 cm³/mol. The summed E-state index contributed by atoms with van der Waals surface area (Å²) in [6, 6.07) is 3.81. The molecule has 4 nitrogen and oxygen atoms in total. The van der Waals surface area contributed by atoms with Crippen LogP contribution in [0, 0.1) is 18.3 Å². The largest absolute Gasteiger partial charge is 0.368 e. The van der Waals surface area contributed by atoms with Gasteiger partial charge in [-0.3, -0.25) is 0 Å². The first-order valence-corrected chi connectivity index (χ1v) is 5.26. The van der Waals surface area contributed by atoms with Gasteiger partial charge in [0.2, 0.25) is 0 Å². The van der Waals surface area contributed by atoms with Gasteiger partial charge in [0.1, 0.15) is 11.5 Å². The van der Waals surface area contributed by atoms with Crippen LogP contribution in [0.2, 0.25) is 0 Å². The maximum Gasteiger partial charge on any atom is 0.155 e. The Hall–Kier alpha value is -2.02. The van der Waals surface area contributed by atoms with E-state index in [9.17, 15) is 0 Å². The molecule has 0 amide bonds. The van der Waals surface area contributed by atoms with Crippen molar-refractivity contribution in [1.29, 1.82) is 0 Å². The van der Waals surface area contributed by atoms with Crippen molar-refractivity contribution in [3.63, 3.8) is 0 Å². The predicted octanol–water partition coefficient (Wildman–Crippen LogP) is 1.78. The van der Waals surface area contributed by atoms with E-state index in [0.29, 0.717) is 11.6 Å². The van der Waals surface area contributed by atoms with Crippen LogP contribution in [-0.2, 0) is 0 Å². The normalized spacial score (nSPS) is 10.6. The Balaban J connectivity index is 2.31. The molecule has 0 spiro atoms. The lowest BCUT2D eigenvalue weighted by Gasteiger charge is -2.07. The van der Waals surface area contributed by atoms with Crippen molar-refractivity contribution < 1.29 is 0 Å². The number of imidazole rings is 1. The smallest absolute Gasteiger partial charge is 0.155 e. The molecule has 4 heteroatoms. The first-order valence-electron chi connectivity index (χ1n) is 5.26. The van der Waals surface area contributed by atoms with Crippen molar-refractivity contribution in [2.75, 3.05) is 11.9 Å². The van der Waals surface area contributed by atoms with Crippen LogP contribution in [0.3, 0.4) is 0 Å². The third kappa shape index (κ3) is 1.98. The topological polar surface area (TPSA) is 42.2 Å². The Labute approximate surface area is 94.7 Å². The maximum absolute atomic E-state index is 5.36. The molecule has 1 N–H and O–H groups in total. The summed E-state index contributed by atoms with van der Waals surface area (Å²) in [5, 5.41) is 7.63. The molecule has 0 fully saturated rings. The van der Waals surface area contributed by atoms with Crippen molar-refractivity contribution in [3.8, 4) is 12.3 Å². The molecule has 82 valence electrons. The molecule has 0 aliphatic heterocycles. The summed E-state index contributed by atoms with van der Waals surface area (Å²) in [7, 11) is 0. The van der Waals surface area contributed by atoms with Gasteiger partial charge in [-0.2, -0.15) is 0 Å². The highest BCUT2D eigenvalue weighted by Gasteiger charge is 2.03. The van der Waals surface area contributed by atoms with Crippen molar-refractivity contribution in [3.05, 3.63) is 24.0 Å². The van der Waals surface area contributed by atoms with Gasteiger partial charge in [-0.1, -0.05) is 13.8 Å². The summed E-state index contributed by atoms with van der Waals surface area (Å²) in [6.07, 6.45) is 7.01. The molecule has 0 radical (unpaired) electrons.